The molecule has 0 N–H and O–H groups in total. The van der Waals surface area contributed by atoms with Crippen LogP contribution in [0.4, 0.5) is 17.1 Å². The van der Waals surface area contributed by atoms with Crippen molar-refractivity contribution in [2.24, 2.45) is 0 Å². The second-order valence-corrected chi connectivity index (χ2v) is 12.7. The van der Waals surface area contributed by atoms with Gasteiger partial charge in [-0.25, -0.2) is 0 Å². The highest BCUT2D eigenvalue weighted by Crippen LogP contribution is 2.53. The van der Waals surface area contributed by atoms with Crippen LogP contribution in [0.15, 0.2) is 140 Å². The van der Waals surface area contributed by atoms with Crippen molar-refractivity contribution >= 4 is 38.6 Å². The predicted molar refractivity (Wildman–Crippen MR) is 189 cm³/mol. The van der Waals surface area contributed by atoms with E-state index in [0.717, 1.165) is 0 Å². The number of fused-ring (bicyclic) bond motifs is 5. The Hall–Kier alpha value is -5.14. The molecule has 0 amide bonds. The summed E-state index contributed by atoms with van der Waals surface area (Å²) in [5.74, 6) is 0. The minimum atomic E-state index is -0.0979. The Bertz CT molecular complexity index is 2230. The van der Waals surface area contributed by atoms with Gasteiger partial charge in [-0.3, -0.25) is 0 Å². The van der Waals surface area contributed by atoms with Crippen LogP contribution in [0.3, 0.4) is 0 Å². The Kier molecular flexibility index (Phi) is 6.00. The summed E-state index contributed by atoms with van der Waals surface area (Å²) < 4.78 is 0. The molecule has 7 aromatic carbocycles. The minimum Gasteiger partial charge on any atom is -0.309 e. The van der Waals surface area contributed by atoms with Gasteiger partial charge < -0.3 is 4.90 Å². The molecule has 7 aromatic rings. The Morgan fingerprint density at radius 1 is 0.455 bits per heavy atom. The first-order valence-corrected chi connectivity index (χ1v) is 15.5. The SMILES string of the molecule is Cc1ccccc1-c1cc2ccccc2cc1N(c1ccc2c(c1)C(C)(C)c1cccc(C)c1-2)c1cccc2ccccc12. The minimum absolute atomic E-state index is 0.0979. The third kappa shape index (κ3) is 4.00. The molecule has 1 heteroatoms. The molecular formula is C43H35N. The van der Waals surface area contributed by atoms with Crippen LogP contribution in [0.25, 0.3) is 43.8 Å². The zero-order valence-corrected chi connectivity index (χ0v) is 25.7. The molecule has 1 aliphatic carbocycles. The lowest BCUT2D eigenvalue weighted by molar-refractivity contribution is 0.660. The van der Waals surface area contributed by atoms with Crippen LogP contribution in [0.5, 0.6) is 0 Å². The summed E-state index contributed by atoms with van der Waals surface area (Å²) in [5, 5.41) is 4.94. The van der Waals surface area contributed by atoms with Crippen LogP contribution in [-0.2, 0) is 5.41 Å². The first-order chi connectivity index (χ1) is 21.4. The number of aryl methyl sites for hydroxylation is 2. The number of hydrogen-bond donors (Lipinski definition) is 0. The van der Waals surface area contributed by atoms with Gasteiger partial charge in [0.1, 0.15) is 0 Å². The average molecular weight is 566 g/mol. The van der Waals surface area contributed by atoms with E-state index < -0.39 is 0 Å². The van der Waals surface area contributed by atoms with Crippen molar-refractivity contribution in [3.05, 3.63) is 162 Å². The Balaban J connectivity index is 1.46. The van der Waals surface area contributed by atoms with Gasteiger partial charge >= 0.3 is 0 Å². The molecule has 1 nitrogen and oxygen atoms in total. The van der Waals surface area contributed by atoms with Crippen LogP contribution in [-0.4, -0.2) is 0 Å². The second-order valence-electron chi connectivity index (χ2n) is 12.7. The van der Waals surface area contributed by atoms with Crippen molar-refractivity contribution < 1.29 is 0 Å². The smallest absolute Gasteiger partial charge is 0.0546 e. The third-order valence-corrected chi connectivity index (χ3v) is 9.70. The highest BCUT2D eigenvalue weighted by Gasteiger charge is 2.37. The third-order valence-electron chi connectivity index (χ3n) is 9.70. The van der Waals surface area contributed by atoms with Crippen molar-refractivity contribution in [2.75, 3.05) is 4.90 Å². The zero-order valence-electron chi connectivity index (χ0n) is 25.7. The van der Waals surface area contributed by atoms with E-state index in [1.165, 1.54) is 83.1 Å². The molecule has 212 valence electrons. The van der Waals surface area contributed by atoms with Gasteiger partial charge in [0, 0.05) is 22.1 Å². The summed E-state index contributed by atoms with van der Waals surface area (Å²) in [6.07, 6.45) is 0. The maximum Gasteiger partial charge on any atom is 0.0546 e. The van der Waals surface area contributed by atoms with E-state index in [-0.39, 0.29) is 5.41 Å². The molecule has 0 saturated carbocycles. The quantitative estimate of drug-likeness (QED) is 0.205. The molecule has 0 unspecified atom stereocenters. The van der Waals surface area contributed by atoms with Crippen molar-refractivity contribution in [1.29, 1.82) is 0 Å². The highest BCUT2D eigenvalue weighted by atomic mass is 15.1. The van der Waals surface area contributed by atoms with E-state index in [1.807, 2.05) is 0 Å². The van der Waals surface area contributed by atoms with E-state index in [0.29, 0.717) is 0 Å². The van der Waals surface area contributed by atoms with Gasteiger partial charge in [-0.15, -0.1) is 0 Å². The number of rotatable bonds is 4. The number of nitrogens with zero attached hydrogens (tertiary/aromatic N) is 1. The molecule has 0 fully saturated rings. The molecule has 0 aromatic heterocycles. The molecule has 0 bridgehead atoms. The van der Waals surface area contributed by atoms with Crippen LogP contribution < -0.4 is 4.90 Å². The largest absolute Gasteiger partial charge is 0.309 e. The lowest BCUT2D eigenvalue weighted by Crippen LogP contribution is -2.17. The summed E-state index contributed by atoms with van der Waals surface area (Å²) in [7, 11) is 0. The normalized spacial score (nSPS) is 13.2. The van der Waals surface area contributed by atoms with E-state index >= 15 is 0 Å². The van der Waals surface area contributed by atoms with E-state index in [4.69, 9.17) is 0 Å². The summed E-state index contributed by atoms with van der Waals surface area (Å²) >= 11 is 0. The molecule has 0 saturated heterocycles. The average Bonchev–Trinajstić information content (AvgIpc) is 3.28. The second kappa shape index (κ2) is 9.96. The number of anilines is 3. The van der Waals surface area contributed by atoms with Crippen molar-refractivity contribution in [1.82, 2.24) is 0 Å². The van der Waals surface area contributed by atoms with Crippen molar-refractivity contribution in [3.63, 3.8) is 0 Å². The Labute approximate surface area is 260 Å². The first kappa shape index (κ1) is 26.5. The highest BCUT2D eigenvalue weighted by molar-refractivity contribution is 6.04. The molecule has 8 rings (SSSR count). The fourth-order valence-corrected chi connectivity index (χ4v) is 7.41. The number of hydrogen-bond acceptors (Lipinski definition) is 1. The van der Waals surface area contributed by atoms with Gasteiger partial charge in [0.2, 0.25) is 0 Å². The van der Waals surface area contributed by atoms with Crippen molar-refractivity contribution in [2.45, 2.75) is 33.1 Å². The fourth-order valence-electron chi connectivity index (χ4n) is 7.41. The molecule has 0 atom stereocenters. The number of benzene rings is 7. The maximum atomic E-state index is 2.50. The summed E-state index contributed by atoms with van der Waals surface area (Å²) in [4.78, 5) is 2.50. The van der Waals surface area contributed by atoms with Crippen LogP contribution in [0, 0.1) is 13.8 Å². The van der Waals surface area contributed by atoms with Crippen LogP contribution >= 0.6 is 0 Å². The molecule has 44 heavy (non-hydrogen) atoms. The molecule has 0 heterocycles. The Morgan fingerprint density at radius 3 is 1.93 bits per heavy atom. The van der Waals surface area contributed by atoms with Gasteiger partial charge in [0.05, 0.1) is 11.4 Å². The molecular weight excluding hydrogens is 530 g/mol. The van der Waals surface area contributed by atoms with Gasteiger partial charge in [0.15, 0.2) is 0 Å². The zero-order chi connectivity index (χ0) is 30.0. The van der Waals surface area contributed by atoms with Gasteiger partial charge in [-0.2, -0.15) is 0 Å². The summed E-state index contributed by atoms with van der Waals surface area (Å²) in [6.45, 7) is 9.20. The van der Waals surface area contributed by atoms with E-state index in [9.17, 15) is 0 Å². The predicted octanol–water partition coefficient (Wildman–Crippen LogP) is 12.1. The van der Waals surface area contributed by atoms with Gasteiger partial charge in [-0.05, 0) is 99.3 Å². The molecule has 0 radical (unpaired) electrons. The Morgan fingerprint density at radius 2 is 1.11 bits per heavy atom. The van der Waals surface area contributed by atoms with E-state index in [1.54, 1.807) is 0 Å². The summed E-state index contributed by atoms with van der Waals surface area (Å²) in [6, 6.07) is 51.6. The van der Waals surface area contributed by atoms with Gasteiger partial charge in [-0.1, -0.05) is 123 Å². The standard InChI is InChI=1S/C43H35N/c1-28-13-5-9-19-34(28)37-25-31-16-6-7-17-32(31)26-41(37)44(40-22-12-18-30-15-8-10-20-35(30)40)33-23-24-36-39(27-33)43(3,4)38-21-11-14-29(2)42(36)38/h5-27H,1-4H3. The fraction of sp³-hybridized carbons (Fsp3) is 0.116. The maximum absolute atomic E-state index is 2.50. The van der Waals surface area contributed by atoms with Crippen LogP contribution in [0.1, 0.15) is 36.1 Å². The molecule has 0 aliphatic heterocycles. The summed E-state index contributed by atoms with van der Waals surface area (Å²) in [5.41, 5.74) is 14.0. The van der Waals surface area contributed by atoms with Crippen LogP contribution in [0.2, 0.25) is 0 Å². The van der Waals surface area contributed by atoms with E-state index in [2.05, 4.69) is 172 Å². The van der Waals surface area contributed by atoms with Crippen molar-refractivity contribution in [3.8, 4) is 22.3 Å². The van der Waals surface area contributed by atoms with Gasteiger partial charge in [0.25, 0.3) is 0 Å². The lowest BCUT2D eigenvalue weighted by atomic mass is 9.82. The topological polar surface area (TPSA) is 3.24 Å². The first-order valence-electron chi connectivity index (χ1n) is 15.5. The lowest BCUT2D eigenvalue weighted by Gasteiger charge is -2.31. The molecule has 1 aliphatic rings. The molecule has 0 spiro atoms. The monoisotopic (exact) mass is 565 g/mol.